The molecule has 0 bridgehead atoms. The number of hydrogen-bond acceptors (Lipinski definition) is 8. The fraction of sp³-hybridized carbons (Fsp3) is 0.417. The number of amides is 3. The molecule has 3 atom stereocenters. The summed E-state index contributed by atoms with van der Waals surface area (Å²) < 4.78 is 96.8. The molecule has 4 rings (SSSR count). The van der Waals surface area contributed by atoms with Crippen molar-refractivity contribution in [2.75, 3.05) is 31.6 Å². The number of carbonyl (C=O) groups is 3. The van der Waals surface area contributed by atoms with E-state index in [1.165, 1.54) is 29.3 Å². The summed E-state index contributed by atoms with van der Waals surface area (Å²) in [6, 6.07) is 10.6. The van der Waals surface area contributed by atoms with Gasteiger partial charge in [0, 0.05) is 17.9 Å². The summed E-state index contributed by atoms with van der Waals surface area (Å²) in [5.41, 5.74) is 0.362. The molecule has 1 aliphatic heterocycles. The van der Waals surface area contributed by atoms with Gasteiger partial charge in [-0.3, -0.25) is 14.7 Å². The van der Waals surface area contributed by atoms with Crippen molar-refractivity contribution in [1.82, 2.24) is 15.2 Å². The largest absolute Gasteiger partial charge is 0.447 e. The third-order valence-electron chi connectivity index (χ3n) is 8.01. The number of hydrogen-bond donors (Lipinski definition) is 2. The molecule has 1 aliphatic rings. The quantitative estimate of drug-likeness (QED) is 0.205. The van der Waals surface area contributed by atoms with Crippen LogP contribution in [0, 0.1) is 28.8 Å². The van der Waals surface area contributed by atoms with Crippen molar-refractivity contribution < 1.29 is 54.9 Å². The van der Waals surface area contributed by atoms with E-state index in [4.69, 9.17) is 14.2 Å². The van der Waals surface area contributed by atoms with Crippen molar-refractivity contribution in [1.29, 1.82) is 5.26 Å². The van der Waals surface area contributed by atoms with Gasteiger partial charge in [-0.1, -0.05) is 18.2 Å². The van der Waals surface area contributed by atoms with Gasteiger partial charge in [0.1, 0.15) is 24.6 Å². The second-order valence-electron chi connectivity index (χ2n) is 13.2. The molecule has 2 heterocycles. The molecule has 0 spiro atoms. The van der Waals surface area contributed by atoms with Gasteiger partial charge in [-0.25, -0.2) is 22.8 Å². The first kappa shape index (κ1) is 40.4. The van der Waals surface area contributed by atoms with E-state index in [1.54, 1.807) is 38.2 Å². The number of alkyl carbamates (subject to hydrolysis) is 1. The first-order valence-corrected chi connectivity index (χ1v) is 16.4. The maximum absolute atomic E-state index is 15.2. The Morgan fingerprint density at radius 1 is 1.02 bits per heavy atom. The molecule has 3 aromatic rings. The zero-order valence-corrected chi connectivity index (χ0v) is 28.9. The number of alkyl halides is 3. The van der Waals surface area contributed by atoms with Crippen molar-refractivity contribution in [2.24, 2.45) is 0 Å². The number of benzene rings is 2. The maximum atomic E-state index is 15.2. The lowest BCUT2D eigenvalue weighted by atomic mass is 9.87. The Kier molecular flexibility index (Phi) is 13.3. The highest BCUT2D eigenvalue weighted by Crippen LogP contribution is 2.31. The second kappa shape index (κ2) is 17.4. The lowest BCUT2D eigenvalue weighted by Crippen LogP contribution is -2.55. The Morgan fingerprint density at radius 3 is 2.36 bits per heavy atom. The van der Waals surface area contributed by atoms with Crippen LogP contribution in [-0.2, 0) is 25.4 Å². The van der Waals surface area contributed by atoms with Crippen molar-refractivity contribution in [2.45, 2.75) is 69.9 Å². The standard InChI is InChI=1S/C36H37F6N5O6/c1-35(2,3)53-34(50)47-17-25(51-18-24(47)19-52-33(49)45-20-36(40,41)42)9-10-26-30(39)15-44-16-31(26)46-32(48)13-27(22-6-4-21(14-43)5-7-22)23-8-11-28(37)29(38)12-23/h4-8,11-12,15-16,24-25,27H,9-10,13,17-20H2,1-3H3,(H,45,49)(H,46,48)/t24?,25?,27-/m1/s1. The molecule has 0 radical (unpaired) electrons. The minimum absolute atomic E-state index is 0.0139. The molecule has 0 aliphatic carbocycles. The molecule has 2 aromatic carbocycles. The highest BCUT2D eigenvalue weighted by atomic mass is 19.4. The van der Waals surface area contributed by atoms with Crippen LogP contribution in [0.2, 0.25) is 0 Å². The lowest BCUT2D eigenvalue weighted by Gasteiger charge is -2.39. The van der Waals surface area contributed by atoms with Crippen LogP contribution in [0.1, 0.15) is 61.8 Å². The Labute approximate surface area is 301 Å². The van der Waals surface area contributed by atoms with E-state index in [-0.39, 0.29) is 49.2 Å². The number of pyridine rings is 1. The first-order valence-electron chi connectivity index (χ1n) is 16.4. The van der Waals surface area contributed by atoms with E-state index in [1.807, 2.05) is 6.07 Å². The van der Waals surface area contributed by atoms with Crippen LogP contribution in [-0.4, -0.2) is 78.2 Å². The van der Waals surface area contributed by atoms with Gasteiger partial charge in [0.25, 0.3) is 0 Å². The van der Waals surface area contributed by atoms with Gasteiger partial charge in [0.2, 0.25) is 5.91 Å². The van der Waals surface area contributed by atoms with Gasteiger partial charge in [-0.15, -0.1) is 0 Å². The zero-order valence-electron chi connectivity index (χ0n) is 28.9. The minimum Gasteiger partial charge on any atom is -0.447 e. The summed E-state index contributed by atoms with van der Waals surface area (Å²) in [6.07, 6.45) is -5.47. The molecule has 1 saturated heterocycles. The molecule has 53 heavy (non-hydrogen) atoms. The van der Waals surface area contributed by atoms with E-state index >= 15 is 4.39 Å². The molecule has 17 heteroatoms. The molecular formula is C36H37F6N5O6. The van der Waals surface area contributed by atoms with E-state index in [0.29, 0.717) is 11.1 Å². The number of rotatable bonds is 11. The summed E-state index contributed by atoms with van der Waals surface area (Å²) in [5, 5.41) is 13.4. The van der Waals surface area contributed by atoms with Crippen molar-refractivity contribution in [3.05, 3.63) is 94.6 Å². The Balaban J connectivity index is 1.46. The molecule has 1 fully saturated rings. The van der Waals surface area contributed by atoms with Gasteiger partial charge < -0.3 is 24.8 Å². The second-order valence-corrected chi connectivity index (χ2v) is 13.2. The van der Waals surface area contributed by atoms with Crippen LogP contribution in [0.4, 0.5) is 41.6 Å². The lowest BCUT2D eigenvalue weighted by molar-refractivity contribution is -0.124. The fourth-order valence-electron chi connectivity index (χ4n) is 5.47. The number of nitrogens with zero attached hydrogens (tertiary/aromatic N) is 3. The number of carbonyl (C=O) groups excluding carboxylic acids is 3. The number of anilines is 1. The Bertz CT molecular complexity index is 1810. The molecule has 284 valence electrons. The van der Waals surface area contributed by atoms with Crippen molar-refractivity contribution in [3.8, 4) is 6.07 Å². The van der Waals surface area contributed by atoms with Crippen LogP contribution in [0.15, 0.2) is 54.9 Å². The van der Waals surface area contributed by atoms with Gasteiger partial charge in [0.05, 0.1) is 55.0 Å². The normalized spacial score (nSPS) is 16.6. The number of nitriles is 1. The maximum Gasteiger partial charge on any atom is 0.410 e. The van der Waals surface area contributed by atoms with E-state index in [2.05, 4.69) is 10.3 Å². The summed E-state index contributed by atoms with van der Waals surface area (Å²) >= 11 is 0. The van der Waals surface area contributed by atoms with Crippen molar-refractivity contribution >= 4 is 23.8 Å². The van der Waals surface area contributed by atoms with Crippen molar-refractivity contribution in [3.63, 3.8) is 0 Å². The SMILES string of the molecule is CC(C)(C)OC(=O)N1CC(CCc2c(F)cncc2NC(=O)C[C@H](c2ccc(C#N)cc2)c2ccc(F)c(F)c2)OCC1COC(=O)NCC(F)(F)F. The average molecular weight is 750 g/mol. The Hall–Kier alpha value is -5.37. The van der Waals surface area contributed by atoms with Crippen LogP contribution < -0.4 is 10.6 Å². The van der Waals surface area contributed by atoms with Gasteiger partial charge in [-0.05, 0) is 69.0 Å². The predicted octanol–water partition coefficient (Wildman–Crippen LogP) is 6.76. The summed E-state index contributed by atoms with van der Waals surface area (Å²) in [6.45, 7) is 2.48. The number of nitrogens with one attached hydrogen (secondary N) is 2. The van der Waals surface area contributed by atoms with Crippen LogP contribution in [0.25, 0.3) is 0 Å². The molecular weight excluding hydrogens is 712 g/mol. The average Bonchev–Trinajstić information content (AvgIpc) is 3.09. The van der Waals surface area contributed by atoms with E-state index in [9.17, 15) is 41.6 Å². The van der Waals surface area contributed by atoms with Gasteiger partial charge >= 0.3 is 18.4 Å². The Morgan fingerprint density at radius 2 is 1.72 bits per heavy atom. The molecule has 2 N–H and O–H groups in total. The summed E-state index contributed by atoms with van der Waals surface area (Å²) in [4.78, 5) is 43.4. The third-order valence-corrected chi connectivity index (χ3v) is 8.01. The van der Waals surface area contributed by atoms with Crippen LogP contribution in [0.5, 0.6) is 0 Å². The topological polar surface area (TPSA) is 143 Å². The summed E-state index contributed by atoms with van der Waals surface area (Å²) in [5.74, 6) is -4.31. The number of morpholine rings is 1. The third kappa shape index (κ3) is 12.1. The highest BCUT2D eigenvalue weighted by molar-refractivity contribution is 5.92. The number of halogens is 6. The van der Waals surface area contributed by atoms with E-state index in [0.717, 1.165) is 18.3 Å². The first-order chi connectivity index (χ1) is 24.9. The molecule has 0 saturated carbocycles. The molecule has 11 nitrogen and oxygen atoms in total. The van der Waals surface area contributed by atoms with Crippen LogP contribution >= 0.6 is 0 Å². The monoisotopic (exact) mass is 749 g/mol. The van der Waals surface area contributed by atoms with Crippen LogP contribution in [0.3, 0.4) is 0 Å². The minimum atomic E-state index is -4.65. The number of aromatic nitrogens is 1. The summed E-state index contributed by atoms with van der Waals surface area (Å²) in [7, 11) is 0. The number of ether oxygens (including phenoxy) is 3. The molecule has 2 unspecified atom stereocenters. The van der Waals surface area contributed by atoms with Gasteiger partial charge in [-0.2, -0.15) is 18.4 Å². The fourth-order valence-corrected chi connectivity index (χ4v) is 5.47. The predicted molar refractivity (Wildman–Crippen MR) is 177 cm³/mol. The molecule has 3 amide bonds. The zero-order chi connectivity index (χ0) is 38.9. The highest BCUT2D eigenvalue weighted by Gasteiger charge is 2.36. The van der Waals surface area contributed by atoms with E-state index < -0.39 is 78.5 Å². The van der Waals surface area contributed by atoms with Gasteiger partial charge in [0.15, 0.2) is 11.6 Å². The smallest absolute Gasteiger partial charge is 0.410 e. The molecule has 1 aromatic heterocycles.